The summed E-state index contributed by atoms with van der Waals surface area (Å²) in [6.45, 7) is 1.78. The Morgan fingerprint density at radius 1 is 1.30 bits per heavy atom. The third kappa shape index (κ3) is 4.48. The number of ether oxygens (including phenoxy) is 1. The molecule has 1 saturated carbocycles. The molecule has 3 nitrogen and oxygen atoms in total. The van der Waals surface area contributed by atoms with Crippen molar-refractivity contribution in [1.29, 1.82) is 0 Å². The number of benzene rings is 1. The van der Waals surface area contributed by atoms with Gasteiger partial charge in [-0.25, -0.2) is 0 Å². The van der Waals surface area contributed by atoms with E-state index < -0.39 is 6.10 Å². The number of halogens is 2. The molecule has 1 atom stereocenters. The van der Waals surface area contributed by atoms with Crippen LogP contribution in [-0.4, -0.2) is 18.1 Å². The zero-order valence-electron chi connectivity index (χ0n) is 11.5. The van der Waals surface area contributed by atoms with E-state index in [9.17, 15) is 4.79 Å². The molecule has 1 N–H and O–H groups in total. The summed E-state index contributed by atoms with van der Waals surface area (Å²) in [6, 6.07) is 5.96. The SMILES string of the molecule is CC(Oc1ccc(Br)cc1Br)C(=O)NC1CCCCC1. The summed E-state index contributed by atoms with van der Waals surface area (Å²) in [4.78, 5) is 12.1. The summed E-state index contributed by atoms with van der Waals surface area (Å²) < 4.78 is 7.53. The first kappa shape index (κ1) is 15.8. The van der Waals surface area contributed by atoms with Gasteiger partial charge in [0.15, 0.2) is 6.10 Å². The van der Waals surface area contributed by atoms with Crippen LogP contribution in [0.2, 0.25) is 0 Å². The number of carbonyl (C=O) groups is 1. The van der Waals surface area contributed by atoms with Gasteiger partial charge in [0.2, 0.25) is 0 Å². The van der Waals surface area contributed by atoms with E-state index in [4.69, 9.17) is 4.74 Å². The average molecular weight is 405 g/mol. The van der Waals surface area contributed by atoms with Crippen LogP contribution in [0.15, 0.2) is 27.1 Å². The zero-order chi connectivity index (χ0) is 14.5. The van der Waals surface area contributed by atoms with Crippen molar-refractivity contribution in [3.63, 3.8) is 0 Å². The second-order valence-electron chi connectivity index (χ2n) is 5.18. The smallest absolute Gasteiger partial charge is 0.260 e. The number of nitrogens with one attached hydrogen (secondary N) is 1. The van der Waals surface area contributed by atoms with Crippen LogP contribution in [0.1, 0.15) is 39.0 Å². The molecule has 0 aromatic heterocycles. The van der Waals surface area contributed by atoms with Crippen molar-refractivity contribution in [2.24, 2.45) is 0 Å². The predicted molar refractivity (Wildman–Crippen MR) is 86.9 cm³/mol. The maximum Gasteiger partial charge on any atom is 0.260 e. The first-order valence-corrected chi connectivity index (χ1v) is 8.57. The fourth-order valence-corrected chi connectivity index (χ4v) is 3.52. The van der Waals surface area contributed by atoms with Gasteiger partial charge >= 0.3 is 0 Å². The molecule has 0 aliphatic heterocycles. The summed E-state index contributed by atoms with van der Waals surface area (Å²) in [5.41, 5.74) is 0. The molecule has 2 rings (SSSR count). The molecule has 1 aromatic carbocycles. The summed E-state index contributed by atoms with van der Waals surface area (Å²) in [7, 11) is 0. The number of hydrogen-bond acceptors (Lipinski definition) is 2. The zero-order valence-corrected chi connectivity index (χ0v) is 14.7. The molecule has 1 amide bonds. The quantitative estimate of drug-likeness (QED) is 0.806. The van der Waals surface area contributed by atoms with Gasteiger partial charge in [-0.15, -0.1) is 0 Å². The van der Waals surface area contributed by atoms with Crippen molar-refractivity contribution in [3.05, 3.63) is 27.1 Å². The van der Waals surface area contributed by atoms with Gasteiger partial charge in [-0.2, -0.15) is 0 Å². The Morgan fingerprint density at radius 2 is 2.00 bits per heavy atom. The summed E-state index contributed by atoms with van der Waals surface area (Å²) in [5.74, 6) is 0.645. The van der Waals surface area contributed by atoms with E-state index in [1.165, 1.54) is 19.3 Å². The molecule has 1 unspecified atom stereocenters. The molecule has 1 aliphatic carbocycles. The molecular formula is C15H19Br2NO2. The third-order valence-electron chi connectivity index (χ3n) is 3.52. The largest absolute Gasteiger partial charge is 0.480 e. The summed E-state index contributed by atoms with van der Waals surface area (Å²) in [5, 5.41) is 3.08. The molecule has 5 heteroatoms. The maximum atomic E-state index is 12.1. The minimum Gasteiger partial charge on any atom is -0.480 e. The minimum atomic E-state index is -0.491. The Balaban J connectivity index is 1.89. The minimum absolute atomic E-state index is 0.0354. The van der Waals surface area contributed by atoms with E-state index >= 15 is 0 Å². The van der Waals surface area contributed by atoms with Crippen molar-refractivity contribution in [2.45, 2.75) is 51.2 Å². The van der Waals surface area contributed by atoms with Crippen LogP contribution in [-0.2, 0) is 4.79 Å². The summed E-state index contributed by atoms with van der Waals surface area (Å²) in [6.07, 6.45) is 5.37. The van der Waals surface area contributed by atoms with Crippen molar-refractivity contribution < 1.29 is 9.53 Å². The van der Waals surface area contributed by atoms with Gasteiger partial charge < -0.3 is 10.1 Å². The van der Waals surface area contributed by atoms with Crippen molar-refractivity contribution in [2.75, 3.05) is 0 Å². The van der Waals surface area contributed by atoms with E-state index in [0.29, 0.717) is 11.8 Å². The number of hydrogen-bond donors (Lipinski definition) is 1. The monoisotopic (exact) mass is 403 g/mol. The normalized spacial score (nSPS) is 17.6. The van der Waals surface area contributed by atoms with Gasteiger partial charge in [-0.1, -0.05) is 35.2 Å². The highest BCUT2D eigenvalue weighted by atomic mass is 79.9. The van der Waals surface area contributed by atoms with E-state index in [-0.39, 0.29) is 5.91 Å². The maximum absolute atomic E-state index is 12.1. The molecule has 1 fully saturated rings. The lowest BCUT2D eigenvalue weighted by Crippen LogP contribution is -2.43. The van der Waals surface area contributed by atoms with Crippen molar-refractivity contribution in [3.8, 4) is 5.75 Å². The van der Waals surface area contributed by atoms with Crippen LogP contribution in [0, 0.1) is 0 Å². The van der Waals surface area contributed by atoms with Gasteiger partial charge in [-0.05, 0) is 53.9 Å². The molecule has 20 heavy (non-hydrogen) atoms. The molecular weight excluding hydrogens is 386 g/mol. The van der Waals surface area contributed by atoms with Gasteiger partial charge in [-0.3, -0.25) is 4.79 Å². The van der Waals surface area contributed by atoms with Gasteiger partial charge in [0.05, 0.1) is 4.47 Å². The average Bonchev–Trinajstić information content (AvgIpc) is 2.43. The highest BCUT2D eigenvalue weighted by molar-refractivity contribution is 9.11. The molecule has 0 bridgehead atoms. The topological polar surface area (TPSA) is 38.3 Å². The molecule has 0 radical (unpaired) electrons. The molecule has 0 saturated heterocycles. The van der Waals surface area contributed by atoms with E-state index in [2.05, 4.69) is 37.2 Å². The van der Waals surface area contributed by atoms with Gasteiger partial charge in [0.1, 0.15) is 5.75 Å². The number of rotatable bonds is 4. The fraction of sp³-hybridized carbons (Fsp3) is 0.533. The first-order valence-electron chi connectivity index (χ1n) is 6.98. The van der Waals surface area contributed by atoms with Gasteiger partial charge in [0.25, 0.3) is 5.91 Å². The van der Waals surface area contributed by atoms with Crippen LogP contribution < -0.4 is 10.1 Å². The van der Waals surface area contributed by atoms with Crippen LogP contribution in [0.5, 0.6) is 5.75 Å². The lowest BCUT2D eigenvalue weighted by atomic mass is 9.95. The Morgan fingerprint density at radius 3 is 2.65 bits per heavy atom. The highest BCUT2D eigenvalue weighted by Gasteiger charge is 2.21. The van der Waals surface area contributed by atoms with E-state index in [1.807, 2.05) is 18.2 Å². The van der Waals surface area contributed by atoms with Crippen LogP contribution in [0.3, 0.4) is 0 Å². The van der Waals surface area contributed by atoms with Crippen LogP contribution >= 0.6 is 31.9 Å². The third-order valence-corrected chi connectivity index (χ3v) is 4.63. The molecule has 1 aliphatic rings. The number of amides is 1. The summed E-state index contributed by atoms with van der Waals surface area (Å²) >= 11 is 6.83. The Bertz CT molecular complexity index is 473. The van der Waals surface area contributed by atoms with Crippen molar-refractivity contribution >= 4 is 37.8 Å². The lowest BCUT2D eigenvalue weighted by Gasteiger charge is -2.24. The first-order chi connectivity index (χ1) is 9.56. The van der Waals surface area contributed by atoms with Crippen LogP contribution in [0.25, 0.3) is 0 Å². The number of carbonyl (C=O) groups excluding carboxylic acids is 1. The Hall–Kier alpha value is -0.550. The second kappa shape index (κ2) is 7.46. The Labute approximate surface area is 136 Å². The van der Waals surface area contributed by atoms with Crippen LogP contribution in [0.4, 0.5) is 0 Å². The predicted octanol–water partition coefficient (Wildman–Crippen LogP) is 4.43. The Kier molecular flexibility index (Phi) is 5.90. The standard InChI is InChI=1S/C15H19Br2NO2/c1-10(15(19)18-12-5-3-2-4-6-12)20-14-8-7-11(16)9-13(14)17/h7-10,12H,2-6H2,1H3,(H,18,19). The van der Waals surface area contributed by atoms with Gasteiger partial charge in [0, 0.05) is 10.5 Å². The van der Waals surface area contributed by atoms with Crippen molar-refractivity contribution in [1.82, 2.24) is 5.32 Å². The van der Waals surface area contributed by atoms with E-state index in [1.54, 1.807) is 6.92 Å². The van der Waals surface area contributed by atoms with E-state index in [0.717, 1.165) is 21.8 Å². The highest BCUT2D eigenvalue weighted by Crippen LogP contribution is 2.29. The second-order valence-corrected chi connectivity index (χ2v) is 6.95. The lowest BCUT2D eigenvalue weighted by molar-refractivity contribution is -0.128. The molecule has 0 spiro atoms. The molecule has 110 valence electrons. The molecule has 0 heterocycles. The fourth-order valence-electron chi connectivity index (χ4n) is 2.38. The molecule has 1 aromatic rings.